The van der Waals surface area contributed by atoms with Gasteiger partial charge in [0.1, 0.15) is 5.75 Å². The molecule has 0 radical (unpaired) electrons. The molecule has 0 bridgehead atoms. The Labute approximate surface area is 161 Å². The van der Waals surface area contributed by atoms with Crippen molar-refractivity contribution in [1.29, 1.82) is 0 Å². The molecule has 0 atom stereocenters. The zero-order valence-electron chi connectivity index (χ0n) is 15.6. The van der Waals surface area contributed by atoms with Crippen molar-refractivity contribution in [3.05, 3.63) is 23.2 Å². The van der Waals surface area contributed by atoms with Gasteiger partial charge < -0.3 is 9.64 Å². The molecule has 1 aromatic rings. The van der Waals surface area contributed by atoms with Gasteiger partial charge in [0.05, 0.1) is 16.5 Å². The first-order valence-corrected chi connectivity index (χ1v) is 10.9. The highest BCUT2D eigenvalue weighted by atomic mass is 35.5. The van der Waals surface area contributed by atoms with E-state index in [1.54, 1.807) is 11.0 Å². The molecule has 1 saturated heterocycles. The summed E-state index contributed by atoms with van der Waals surface area (Å²) in [5, 5.41) is 0.277. The number of hydrogen-bond donors (Lipinski definition) is 0. The molecule has 0 N–H and O–H groups in total. The highest BCUT2D eigenvalue weighted by Crippen LogP contribution is 2.30. The number of carbonyl (C=O) groups excluding carboxylic acids is 1. The number of piperidine rings is 1. The number of sulfonamides is 1. The number of nitrogens with zero attached hydrogens (tertiary/aromatic N) is 2. The number of rotatable bonds is 7. The van der Waals surface area contributed by atoms with Gasteiger partial charge in [0.15, 0.2) is 0 Å². The molecular weight excluding hydrogens is 376 g/mol. The van der Waals surface area contributed by atoms with Crippen LogP contribution < -0.4 is 4.74 Å². The van der Waals surface area contributed by atoms with Crippen LogP contribution in [0.3, 0.4) is 0 Å². The van der Waals surface area contributed by atoms with Gasteiger partial charge in [-0.15, -0.1) is 0 Å². The Hall–Kier alpha value is -1.31. The summed E-state index contributed by atoms with van der Waals surface area (Å²) in [4.78, 5) is 14.4. The van der Waals surface area contributed by atoms with E-state index in [0.29, 0.717) is 51.4 Å². The Bertz CT molecular complexity index is 727. The van der Waals surface area contributed by atoms with Crippen LogP contribution in [0, 0.1) is 5.92 Å². The first kappa shape index (κ1) is 21.0. The minimum absolute atomic E-state index is 0.106. The number of ether oxygens (including phenoxy) is 1. The summed E-state index contributed by atoms with van der Waals surface area (Å²) in [7, 11) is -3.63. The maximum Gasteiger partial charge on any atom is 0.243 e. The third-order valence-corrected chi connectivity index (χ3v) is 6.91. The maximum atomic E-state index is 12.9. The molecule has 1 fully saturated rings. The molecule has 1 heterocycles. The number of carbonyl (C=O) groups is 1. The minimum Gasteiger partial charge on any atom is -0.492 e. The summed E-state index contributed by atoms with van der Waals surface area (Å²) in [5.74, 6) is 0.484. The zero-order chi connectivity index (χ0) is 19.3. The molecule has 1 aliphatic rings. The molecule has 1 aromatic carbocycles. The SMILES string of the molecule is CCOc1ccc(S(=O)(=O)N2CCC(C(=O)N(CC)CC)CC2)cc1Cl. The van der Waals surface area contributed by atoms with E-state index in [2.05, 4.69) is 0 Å². The second-order valence-electron chi connectivity index (χ2n) is 6.21. The molecular formula is C18H27ClN2O4S. The van der Waals surface area contributed by atoms with Crippen LogP contribution in [-0.2, 0) is 14.8 Å². The van der Waals surface area contributed by atoms with E-state index < -0.39 is 10.0 Å². The second kappa shape index (κ2) is 9.06. The summed E-state index contributed by atoms with van der Waals surface area (Å²) in [6.07, 6.45) is 1.08. The van der Waals surface area contributed by atoms with Crippen molar-refractivity contribution >= 4 is 27.5 Å². The number of benzene rings is 1. The van der Waals surface area contributed by atoms with Crippen molar-refractivity contribution in [3.8, 4) is 5.75 Å². The first-order valence-electron chi connectivity index (χ1n) is 9.06. The van der Waals surface area contributed by atoms with Crippen LogP contribution in [0.1, 0.15) is 33.6 Å². The van der Waals surface area contributed by atoms with Crippen LogP contribution in [-0.4, -0.2) is 56.3 Å². The molecule has 0 unspecified atom stereocenters. The van der Waals surface area contributed by atoms with Crippen molar-refractivity contribution in [2.24, 2.45) is 5.92 Å². The molecule has 2 rings (SSSR count). The van der Waals surface area contributed by atoms with Gasteiger partial charge in [-0.05, 0) is 51.8 Å². The van der Waals surface area contributed by atoms with Crippen LogP contribution in [0.4, 0.5) is 0 Å². The van der Waals surface area contributed by atoms with E-state index in [9.17, 15) is 13.2 Å². The predicted octanol–water partition coefficient (Wildman–Crippen LogP) is 3.01. The lowest BCUT2D eigenvalue weighted by Crippen LogP contribution is -2.44. The normalized spacial score (nSPS) is 16.5. The predicted molar refractivity (Wildman–Crippen MR) is 102 cm³/mol. The summed E-state index contributed by atoms with van der Waals surface area (Å²) in [5.41, 5.74) is 0. The Morgan fingerprint density at radius 3 is 2.35 bits per heavy atom. The fourth-order valence-corrected chi connectivity index (χ4v) is 5.00. The van der Waals surface area contributed by atoms with E-state index >= 15 is 0 Å². The third-order valence-electron chi connectivity index (χ3n) is 4.72. The van der Waals surface area contributed by atoms with Gasteiger partial charge in [-0.3, -0.25) is 4.79 Å². The highest BCUT2D eigenvalue weighted by molar-refractivity contribution is 7.89. The van der Waals surface area contributed by atoms with Gasteiger partial charge in [-0.25, -0.2) is 8.42 Å². The Kier molecular flexibility index (Phi) is 7.32. The fourth-order valence-electron chi connectivity index (χ4n) is 3.20. The number of halogens is 1. The topological polar surface area (TPSA) is 66.9 Å². The van der Waals surface area contributed by atoms with Gasteiger partial charge >= 0.3 is 0 Å². The molecule has 8 heteroatoms. The molecule has 146 valence electrons. The summed E-state index contributed by atoms with van der Waals surface area (Å²) < 4.78 is 32.5. The quantitative estimate of drug-likeness (QED) is 0.703. The average molecular weight is 403 g/mol. The molecule has 0 aliphatic carbocycles. The second-order valence-corrected chi connectivity index (χ2v) is 8.56. The van der Waals surface area contributed by atoms with E-state index in [0.717, 1.165) is 0 Å². The third kappa shape index (κ3) is 4.50. The van der Waals surface area contributed by atoms with E-state index in [1.165, 1.54) is 16.4 Å². The molecule has 6 nitrogen and oxygen atoms in total. The van der Waals surface area contributed by atoms with Crippen molar-refractivity contribution in [2.75, 3.05) is 32.8 Å². The number of amides is 1. The van der Waals surface area contributed by atoms with Crippen molar-refractivity contribution in [3.63, 3.8) is 0 Å². The molecule has 1 amide bonds. The monoisotopic (exact) mass is 402 g/mol. The summed E-state index contributed by atoms with van der Waals surface area (Å²) >= 11 is 6.13. The lowest BCUT2D eigenvalue weighted by atomic mass is 9.96. The smallest absolute Gasteiger partial charge is 0.243 e. The van der Waals surface area contributed by atoms with Gasteiger partial charge in [0.2, 0.25) is 15.9 Å². The van der Waals surface area contributed by atoms with Crippen molar-refractivity contribution in [1.82, 2.24) is 9.21 Å². The minimum atomic E-state index is -3.63. The fraction of sp³-hybridized carbons (Fsp3) is 0.611. The van der Waals surface area contributed by atoms with Crippen LogP contribution in [0.15, 0.2) is 23.1 Å². The maximum absolute atomic E-state index is 12.9. The summed E-state index contributed by atoms with van der Waals surface area (Å²) in [6, 6.07) is 4.52. The van der Waals surface area contributed by atoms with Crippen LogP contribution >= 0.6 is 11.6 Å². The number of hydrogen-bond acceptors (Lipinski definition) is 4. The van der Waals surface area contributed by atoms with Crippen molar-refractivity contribution < 1.29 is 17.9 Å². The van der Waals surface area contributed by atoms with Crippen LogP contribution in [0.25, 0.3) is 0 Å². The van der Waals surface area contributed by atoms with E-state index in [4.69, 9.17) is 16.3 Å². The lowest BCUT2D eigenvalue weighted by Gasteiger charge is -2.33. The lowest BCUT2D eigenvalue weighted by molar-refractivity contribution is -0.136. The molecule has 0 spiro atoms. The highest BCUT2D eigenvalue weighted by Gasteiger charge is 2.33. The van der Waals surface area contributed by atoms with Crippen LogP contribution in [0.5, 0.6) is 5.75 Å². The Morgan fingerprint density at radius 2 is 1.85 bits per heavy atom. The van der Waals surface area contributed by atoms with Gasteiger partial charge in [-0.1, -0.05) is 11.6 Å². The molecule has 0 aromatic heterocycles. The van der Waals surface area contributed by atoms with E-state index in [1.807, 2.05) is 20.8 Å². The van der Waals surface area contributed by atoms with Gasteiger partial charge in [-0.2, -0.15) is 4.31 Å². The largest absolute Gasteiger partial charge is 0.492 e. The molecule has 1 aliphatic heterocycles. The van der Waals surface area contributed by atoms with Crippen molar-refractivity contribution in [2.45, 2.75) is 38.5 Å². The summed E-state index contributed by atoms with van der Waals surface area (Å²) in [6.45, 7) is 8.24. The van der Waals surface area contributed by atoms with E-state index in [-0.39, 0.29) is 21.7 Å². The Balaban J connectivity index is 2.08. The van der Waals surface area contributed by atoms with Gasteiger partial charge in [0.25, 0.3) is 0 Å². The zero-order valence-corrected chi connectivity index (χ0v) is 17.1. The molecule has 26 heavy (non-hydrogen) atoms. The average Bonchev–Trinajstić information content (AvgIpc) is 2.64. The Morgan fingerprint density at radius 1 is 1.23 bits per heavy atom. The first-order chi connectivity index (χ1) is 12.3. The standard InChI is InChI=1S/C18H27ClN2O4S/c1-4-20(5-2)18(22)14-9-11-21(12-10-14)26(23,24)15-7-8-17(25-6-3)16(19)13-15/h7-8,13-14H,4-6,9-12H2,1-3H3. The van der Waals surface area contributed by atoms with Gasteiger partial charge in [0, 0.05) is 32.1 Å². The van der Waals surface area contributed by atoms with Crippen LogP contribution in [0.2, 0.25) is 5.02 Å². The molecule has 0 saturated carbocycles.